The van der Waals surface area contributed by atoms with Crippen molar-refractivity contribution in [1.29, 1.82) is 0 Å². The summed E-state index contributed by atoms with van der Waals surface area (Å²) in [4.78, 5) is 4.27. The molecule has 0 atom stereocenters. The monoisotopic (exact) mass is 277 g/mol. The van der Waals surface area contributed by atoms with Gasteiger partial charge in [0.05, 0.1) is 0 Å². The fraction of sp³-hybridized carbons (Fsp3) is 0.0556. The Hall–Kier alpha value is -2.81. The zero-order valence-corrected chi connectivity index (χ0v) is 11.6. The van der Waals surface area contributed by atoms with Gasteiger partial charge in [-0.1, -0.05) is 30.3 Å². The molecule has 0 aromatic heterocycles. The highest BCUT2D eigenvalue weighted by Gasteiger charge is 2.03. The highest BCUT2D eigenvalue weighted by Crippen LogP contribution is 2.28. The number of hydrogen-bond acceptors (Lipinski definition) is 3. The van der Waals surface area contributed by atoms with Crippen molar-refractivity contribution in [2.24, 2.45) is 4.99 Å². The molecule has 0 radical (unpaired) electrons. The summed E-state index contributed by atoms with van der Waals surface area (Å²) in [5, 5.41) is 21.8. The number of fused-ring (bicyclic) bond motifs is 1. The Balaban J connectivity index is 2.02. The molecule has 0 amide bonds. The molecular formula is C18H15NO2. The summed E-state index contributed by atoms with van der Waals surface area (Å²) < 4.78 is 0. The molecule has 3 aromatic carbocycles. The first-order valence-corrected chi connectivity index (χ1v) is 6.69. The van der Waals surface area contributed by atoms with E-state index >= 15 is 0 Å². The lowest BCUT2D eigenvalue weighted by Gasteiger charge is -2.04. The summed E-state index contributed by atoms with van der Waals surface area (Å²) in [6.07, 6.45) is 1.57. The smallest absolute Gasteiger partial charge is 0.141 e. The third-order valence-electron chi connectivity index (χ3n) is 3.37. The first-order valence-electron chi connectivity index (χ1n) is 6.69. The fourth-order valence-corrected chi connectivity index (χ4v) is 2.23. The lowest BCUT2D eigenvalue weighted by molar-refractivity contribution is 0.474. The highest BCUT2D eigenvalue weighted by atomic mass is 16.3. The Morgan fingerprint density at radius 2 is 1.57 bits per heavy atom. The molecule has 3 nitrogen and oxygen atoms in total. The molecule has 3 heteroatoms. The molecule has 0 bridgehead atoms. The number of aryl methyl sites for hydroxylation is 1. The van der Waals surface area contributed by atoms with Gasteiger partial charge in [0.25, 0.3) is 0 Å². The number of aliphatic imine (C=N–C) groups is 1. The van der Waals surface area contributed by atoms with E-state index in [0.29, 0.717) is 11.3 Å². The summed E-state index contributed by atoms with van der Waals surface area (Å²) in [6, 6.07) is 16.6. The van der Waals surface area contributed by atoms with E-state index in [1.165, 1.54) is 0 Å². The van der Waals surface area contributed by atoms with Gasteiger partial charge in [0.1, 0.15) is 17.2 Å². The van der Waals surface area contributed by atoms with Gasteiger partial charge in [-0.05, 0) is 47.5 Å². The molecule has 0 saturated heterocycles. The third-order valence-corrected chi connectivity index (χ3v) is 3.37. The molecule has 104 valence electrons. The number of phenolic OH excluding ortho intramolecular Hbond substituents is 2. The van der Waals surface area contributed by atoms with Gasteiger partial charge in [0.15, 0.2) is 0 Å². The van der Waals surface area contributed by atoms with Gasteiger partial charge in [-0.2, -0.15) is 0 Å². The van der Waals surface area contributed by atoms with Gasteiger partial charge in [0, 0.05) is 11.8 Å². The SMILES string of the molecule is Cc1ccc(O)c(N=Cc2cc3ccccc3cc2O)c1. The van der Waals surface area contributed by atoms with Crippen LogP contribution >= 0.6 is 0 Å². The summed E-state index contributed by atoms with van der Waals surface area (Å²) in [7, 11) is 0. The second kappa shape index (κ2) is 5.29. The molecule has 2 N–H and O–H groups in total. The number of nitrogens with zero attached hydrogens (tertiary/aromatic N) is 1. The van der Waals surface area contributed by atoms with Crippen molar-refractivity contribution in [3.8, 4) is 11.5 Å². The van der Waals surface area contributed by atoms with E-state index in [9.17, 15) is 10.2 Å². The molecule has 0 heterocycles. The zero-order chi connectivity index (χ0) is 14.8. The average molecular weight is 277 g/mol. The maximum atomic E-state index is 10.1. The van der Waals surface area contributed by atoms with Gasteiger partial charge in [-0.3, -0.25) is 4.99 Å². The molecule has 21 heavy (non-hydrogen) atoms. The fourth-order valence-electron chi connectivity index (χ4n) is 2.23. The van der Waals surface area contributed by atoms with Crippen LogP contribution in [-0.4, -0.2) is 16.4 Å². The van der Waals surface area contributed by atoms with Crippen molar-refractivity contribution in [2.75, 3.05) is 0 Å². The minimum Gasteiger partial charge on any atom is -0.507 e. The number of benzene rings is 3. The Labute approximate surface area is 122 Å². The van der Waals surface area contributed by atoms with Crippen molar-refractivity contribution in [3.05, 3.63) is 65.7 Å². The van der Waals surface area contributed by atoms with Crippen molar-refractivity contribution >= 4 is 22.7 Å². The Kier molecular flexibility index (Phi) is 3.32. The summed E-state index contributed by atoms with van der Waals surface area (Å²) in [5.41, 5.74) is 2.12. The first kappa shape index (κ1) is 13.2. The summed E-state index contributed by atoms with van der Waals surface area (Å²) >= 11 is 0. The molecule has 0 unspecified atom stereocenters. The van der Waals surface area contributed by atoms with Crippen molar-refractivity contribution < 1.29 is 10.2 Å². The maximum absolute atomic E-state index is 10.1. The largest absolute Gasteiger partial charge is 0.507 e. The number of phenols is 2. The van der Waals surface area contributed by atoms with Crippen LogP contribution in [0.5, 0.6) is 11.5 Å². The second-order valence-electron chi connectivity index (χ2n) is 5.01. The van der Waals surface area contributed by atoms with E-state index < -0.39 is 0 Å². The van der Waals surface area contributed by atoms with Crippen LogP contribution in [0.4, 0.5) is 5.69 Å². The quantitative estimate of drug-likeness (QED) is 0.686. The van der Waals surface area contributed by atoms with E-state index in [1.807, 2.05) is 43.3 Å². The van der Waals surface area contributed by atoms with Crippen LogP contribution in [0.2, 0.25) is 0 Å². The summed E-state index contributed by atoms with van der Waals surface area (Å²) in [5.74, 6) is 0.293. The maximum Gasteiger partial charge on any atom is 0.141 e. The van der Waals surface area contributed by atoms with Crippen LogP contribution in [0, 0.1) is 6.92 Å². The lowest BCUT2D eigenvalue weighted by Crippen LogP contribution is -1.84. The van der Waals surface area contributed by atoms with Crippen molar-refractivity contribution in [1.82, 2.24) is 0 Å². The van der Waals surface area contributed by atoms with Crippen LogP contribution in [0.1, 0.15) is 11.1 Å². The minimum absolute atomic E-state index is 0.122. The Bertz CT molecular complexity index is 838. The molecule has 0 saturated carbocycles. The van der Waals surface area contributed by atoms with Crippen LogP contribution < -0.4 is 0 Å². The van der Waals surface area contributed by atoms with E-state index in [0.717, 1.165) is 16.3 Å². The Morgan fingerprint density at radius 1 is 0.857 bits per heavy atom. The van der Waals surface area contributed by atoms with Crippen LogP contribution in [-0.2, 0) is 0 Å². The van der Waals surface area contributed by atoms with E-state index in [-0.39, 0.29) is 11.5 Å². The average Bonchev–Trinajstić information content (AvgIpc) is 2.48. The van der Waals surface area contributed by atoms with Gasteiger partial charge in [0.2, 0.25) is 0 Å². The topological polar surface area (TPSA) is 52.8 Å². The molecular weight excluding hydrogens is 262 g/mol. The van der Waals surface area contributed by atoms with E-state index in [2.05, 4.69) is 4.99 Å². The van der Waals surface area contributed by atoms with E-state index in [1.54, 1.807) is 24.4 Å². The predicted molar refractivity (Wildman–Crippen MR) is 85.7 cm³/mol. The molecule has 0 aliphatic rings. The predicted octanol–water partition coefficient (Wildman–Crippen LogP) is 4.31. The molecule has 3 rings (SSSR count). The molecule has 0 aliphatic heterocycles. The van der Waals surface area contributed by atoms with Gasteiger partial charge in [-0.15, -0.1) is 0 Å². The number of hydrogen-bond donors (Lipinski definition) is 2. The normalized spacial score (nSPS) is 11.3. The number of rotatable bonds is 2. The van der Waals surface area contributed by atoms with Crippen molar-refractivity contribution in [2.45, 2.75) is 6.92 Å². The second-order valence-corrected chi connectivity index (χ2v) is 5.01. The standard InChI is InChI=1S/C18H15NO2/c1-12-6-7-17(20)16(8-12)19-11-15-9-13-4-2-3-5-14(13)10-18(15)21/h2-11,20-21H,1H3. The van der Waals surface area contributed by atoms with Gasteiger partial charge in [-0.25, -0.2) is 0 Å². The van der Waals surface area contributed by atoms with Crippen LogP contribution in [0.25, 0.3) is 10.8 Å². The van der Waals surface area contributed by atoms with Crippen LogP contribution in [0.15, 0.2) is 59.6 Å². The lowest BCUT2D eigenvalue weighted by atomic mass is 10.1. The molecule has 0 fully saturated rings. The minimum atomic E-state index is 0.122. The van der Waals surface area contributed by atoms with E-state index in [4.69, 9.17) is 0 Å². The van der Waals surface area contributed by atoms with Crippen LogP contribution in [0.3, 0.4) is 0 Å². The molecule has 0 aliphatic carbocycles. The zero-order valence-electron chi connectivity index (χ0n) is 11.6. The van der Waals surface area contributed by atoms with Gasteiger partial charge < -0.3 is 10.2 Å². The summed E-state index contributed by atoms with van der Waals surface area (Å²) in [6.45, 7) is 1.94. The van der Waals surface area contributed by atoms with Crippen molar-refractivity contribution in [3.63, 3.8) is 0 Å². The first-order chi connectivity index (χ1) is 10.1. The molecule has 0 spiro atoms. The highest BCUT2D eigenvalue weighted by molar-refractivity contribution is 5.94. The molecule has 3 aromatic rings. The third kappa shape index (κ3) is 2.72. The Morgan fingerprint density at radius 3 is 2.33 bits per heavy atom. The number of aromatic hydroxyl groups is 2. The van der Waals surface area contributed by atoms with Gasteiger partial charge >= 0.3 is 0 Å².